The third kappa shape index (κ3) is 7.23. The first-order valence-electron chi connectivity index (χ1n) is 11.4. The second kappa shape index (κ2) is 11.7. The Hall–Kier alpha value is -2.53. The van der Waals surface area contributed by atoms with Gasteiger partial charge in [-0.05, 0) is 87.4 Å². The lowest BCUT2D eigenvalue weighted by Crippen LogP contribution is -2.40. The molecule has 10 heteroatoms. The minimum Gasteiger partial charge on any atom is -0.497 e. The molecule has 186 valence electrons. The molecule has 1 aliphatic carbocycles. The number of carbonyl (C=O) groups is 1. The number of carbonyl (C=O) groups excluding carboxylic acids is 1. The maximum Gasteiger partial charge on any atom is 0.236 e. The largest absolute Gasteiger partial charge is 0.497 e. The van der Waals surface area contributed by atoms with Gasteiger partial charge in [-0.25, -0.2) is 13.4 Å². The summed E-state index contributed by atoms with van der Waals surface area (Å²) < 4.78 is 36.7. The van der Waals surface area contributed by atoms with Crippen molar-refractivity contribution in [2.45, 2.75) is 74.6 Å². The van der Waals surface area contributed by atoms with Crippen molar-refractivity contribution >= 4 is 15.7 Å². The van der Waals surface area contributed by atoms with Gasteiger partial charge in [-0.15, -0.1) is 0 Å². The Labute approximate surface area is 200 Å². The Bertz CT molecular complexity index is 1050. The van der Waals surface area contributed by atoms with Gasteiger partial charge >= 0.3 is 0 Å². The van der Waals surface area contributed by atoms with E-state index in [9.17, 15) is 18.4 Å². The molecule has 0 atom stereocenters. The number of aromatic nitrogens is 1. The van der Waals surface area contributed by atoms with Crippen molar-refractivity contribution in [3.63, 3.8) is 0 Å². The molecule has 1 amide bonds. The number of rotatable bonds is 10. The summed E-state index contributed by atoms with van der Waals surface area (Å²) in [5.41, 5.74) is 2.94. The molecule has 0 radical (unpaired) electrons. The van der Waals surface area contributed by atoms with E-state index in [1.807, 2.05) is 13.8 Å². The zero-order valence-electron chi connectivity index (χ0n) is 19.8. The number of hydrazine groups is 1. The molecule has 9 nitrogen and oxygen atoms in total. The Morgan fingerprint density at radius 3 is 2.47 bits per heavy atom. The Balaban J connectivity index is 1.53. The van der Waals surface area contributed by atoms with Crippen LogP contribution in [0.3, 0.4) is 0 Å². The molecular formula is C24H33N3O6S. The van der Waals surface area contributed by atoms with E-state index < -0.39 is 9.84 Å². The third-order valence-corrected chi connectivity index (χ3v) is 7.43. The smallest absolute Gasteiger partial charge is 0.236 e. The van der Waals surface area contributed by atoms with Gasteiger partial charge in [0.15, 0.2) is 5.03 Å². The number of nitrogens with zero attached hydrogens (tertiary/aromatic N) is 2. The fraction of sp³-hybridized carbons (Fsp3) is 0.500. The first-order valence-corrected chi connectivity index (χ1v) is 12.9. The van der Waals surface area contributed by atoms with Crippen LogP contribution in [0.15, 0.2) is 52.5 Å². The lowest BCUT2D eigenvalue weighted by molar-refractivity contribution is -0.166. The second-order valence-electron chi connectivity index (χ2n) is 8.81. The number of hydrogen-bond acceptors (Lipinski definition) is 8. The molecule has 3 rings (SSSR count). The summed E-state index contributed by atoms with van der Waals surface area (Å²) in [4.78, 5) is 16.4. The number of ether oxygens (including phenoxy) is 2. The van der Waals surface area contributed by atoms with Crippen LogP contribution in [0, 0.1) is 5.92 Å². The molecule has 0 saturated heterocycles. The van der Waals surface area contributed by atoms with Gasteiger partial charge < -0.3 is 9.47 Å². The number of sulfone groups is 1. The summed E-state index contributed by atoms with van der Waals surface area (Å²) in [7, 11) is -2.34. The molecule has 2 aromatic rings. The minimum atomic E-state index is -3.84. The standard InChI is InChI=1S/C24H33N3O6S/c1-17(2)33-21-6-4-18(5-7-21)14-23(28)26-27(29)16-19-12-13-25-24(15-19)34(30,31)22-10-8-20(32-3)9-11-22/h8-13,15,17-18,21,29H,4-7,14,16H2,1-3H3,(H,26,28). The van der Waals surface area contributed by atoms with E-state index >= 15 is 0 Å². The molecule has 0 spiro atoms. The van der Waals surface area contributed by atoms with Crippen LogP contribution in [0.1, 0.15) is 51.5 Å². The minimum absolute atomic E-state index is 0.0839. The monoisotopic (exact) mass is 491 g/mol. The van der Waals surface area contributed by atoms with Crippen LogP contribution in [-0.4, -0.2) is 49.0 Å². The van der Waals surface area contributed by atoms with Gasteiger partial charge in [0.2, 0.25) is 15.7 Å². The van der Waals surface area contributed by atoms with Gasteiger partial charge in [-0.1, -0.05) is 5.17 Å². The van der Waals surface area contributed by atoms with Crippen molar-refractivity contribution in [1.29, 1.82) is 0 Å². The Morgan fingerprint density at radius 2 is 1.85 bits per heavy atom. The highest BCUT2D eigenvalue weighted by atomic mass is 32.2. The molecule has 34 heavy (non-hydrogen) atoms. The number of amides is 1. The summed E-state index contributed by atoms with van der Waals surface area (Å²) in [6.45, 7) is 3.96. The predicted octanol–water partition coefficient (Wildman–Crippen LogP) is 3.52. The van der Waals surface area contributed by atoms with E-state index in [0.717, 1.165) is 25.7 Å². The number of hydroxylamine groups is 1. The van der Waals surface area contributed by atoms with Crippen molar-refractivity contribution < 1.29 is 27.9 Å². The highest BCUT2D eigenvalue weighted by Crippen LogP contribution is 2.29. The molecule has 1 aromatic heterocycles. The zero-order valence-corrected chi connectivity index (χ0v) is 20.6. The number of pyridine rings is 1. The first-order chi connectivity index (χ1) is 16.2. The van der Waals surface area contributed by atoms with E-state index in [0.29, 0.717) is 22.9 Å². The topological polar surface area (TPSA) is 118 Å². The third-order valence-electron chi connectivity index (χ3n) is 5.76. The molecule has 1 saturated carbocycles. The number of nitrogens with one attached hydrogen (secondary N) is 1. The van der Waals surface area contributed by atoms with E-state index in [-0.39, 0.29) is 40.5 Å². The number of benzene rings is 1. The Morgan fingerprint density at radius 1 is 1.18 bits per heavy atom. The van der Waals surface area contributed by atoms with Gasteiger partial charge in [0.25, 0.3) is 0 Å². The number of methoxy groups -OCH3 is 1. The van der Waals surface area contributed by atoms with E-state index in [1.165, 1.54) is 31.5 Å². The van der Waals surface area contributed by atoms with Crippen LogP contribution in [0.5, 0.6) is 5.75 Å². The zero-order chi connectivity index (χ0) is 24.7. The lowest BCUT2D eigenvalue weighted by Gasteiger charge is -2.29. The van der Waals surface area contributed by atoms with Gasteiger partial charge in [0, 0.05) is 12.6 Å². The molecule has 0 bridgehead atoms. The first kappa shape index (κ1) is 26.1. The highest BCUT2D eigenvalue weighted by Gasteiger charge is 2.25. The lowest BCUT2D eigenvalue weighted by atomic mass is 9.85. The van der Waals surface area contributed by atoms with Crippen LogP contribution < -0.4 is 10.2 Å². The average Bonchev–Trinajstić information content (AvgIpc) is 2.80. The molecule has 0 aliphatic heterocycles. The summed E-state index contributed by atoms with van der Waals surface area (Å²) in [5, 5.41) is 10.7. The van der Waals surface area contributed by atoms with Crippen LogP contribution in [-0.2, 0) is 25.9 Å². The normalized spacial score (nSPS) is 18.8. The molecule has 2 N–H and O–H groups in total. The van der Waals surface area contributed by atoms with Crippen molar-refractivity contribution in [3.05, 3.63) is 48.2 Å². The van der Waals surface area contributed by atoms with Crippen molar-refractivity contribution in [3.8, 4) is 5.75 Å². The summed E-state index contributed by atoms with van der Waals surface area (Å²) in [6.07, 6.45) is 5.82. The average molecular weight is 492 g/mol. The summed E-state index contributed by atoms with van der Waals surface area (Å²) in [6, 6.07) is 8.98. The molecule has 1 fully saturated rings. The Kier molecular flexibility index (Phi) is 9.01. The van der Waals surface area contributed by atoms with Gasteiger partial charge in [0.1, 0.15) is 5.75 Å². The summed E-state index contributed by atoms with van der Waals surface area (Å²) >= 11 is 0. The number of hydrogen-bond donors (Lipinski definition) is 2. The van der Waals surface area contributed by atoms with Crippen LogP contribution in [0.4, 0.5) is 0 Å². The second-order valence-corrected chi connectivity index (χ2v) is 10.7. The van der Waals surface area contributed by atoms with Gasteiger partial charge in [-0.3, -0.25) is 15.4 Å². The van der Waals surface area contributed by atoms with E-state index in [4.69, 9.17) is 9.47 Å². The molecule has 1 aliphatic rings. The molecule has 1 aromatic carbocycles. The highest BCUT2D eigenvalue weighted by molar-refractivity contribution is 7.91. The van der Waals surface area contributed by atoms with Crippen LogP contribution in [0.2, 0.25) is 0 Å². The predicted molar refractivity (Wildman–Crippen MR) is 125 cm³/mol. The van der Waals surface area contributed by atoms with Crippen molar-refractivity contribution in [1.82, 2.24) is 15.6 Å². The fourth-order valence-electron chi connectivity index (χ4n) is 4.09. The van der Waals surface area contributed by atoms with Crippen molar-refractivity contribution in [2.24, 2.45) is 5.92 Å². The SMILES string of the molecule is COc1ccc(S(=O)(=O)c2cc(CN(O)NC(=O)CC3CCC(OC(C)C)CC3)ccn2)cc1. The maximum atomic E-state index is 12.9. The van der Waals surface area contributed by atoms with Crippen LogP contribution >= 0.6 is 0 Å². The van der Waals surface area contributed by atoms with Gasteiger partial charge in [0.05, 0.1) is 30.8 Å². The maximum absolute atomic E-state index is 12.9. The fourth-order valence-corrected chi connectivity index (χ4v) is 5.33. The van der Waals surface area contributed by atoms with E-state index in [1.54, 1.807) is 18.2 Å². The summed E-state index contributed by atoms with van der Waals surface area (Å²) in [5.74, 6) is 0.516. The van der Waals surface area contributed by atoms with Crippen LogP contribution in [0.25, 0.3) is 0 Å². The quantitative estimate of drug-likeness (QED) is 0.485. The molecule has 1 heterocycles. The van der Waals surface area contributed by atoms with Gasteiger partial charge in [-0.2, -0.15) is 0 Å². The van der Waals surface area contributed by atoms with E-state index in [2.05, 4.69) is 10.4 Å². The molecular weight excluding hydrogens is 458 g/mol. The molecule has 0 unspecified atom stereocenters. The van der Waals surface area contributed by atoms with Crippen molar-refractivity contribution in [2.75, 3.05) is 7.11 Å².